The summed E-state index contributed by atoms with van der Waals surface area (Å²) in [4.78, 5) is 11.0. The summed E-state index contributed by atoms with van der Waals surface area (Å²) in [5.74, 6) is 0. The van der Waals surface area contributed by atoms with Crippen LogP contribution in [-0.2, 0) is 16.8 Å². The molecule has 0 atom stereocenters. The highest BCUT2D eigenvalue weighted by molar-refractivity contribution is 7.86. The number of hydrogen-bond donors (Lipinski definition) is 1. The van der Waals surface area contributed by atoms with Crippen LogP contribution in [0.25, 0.3) is 11.2 Å². The van der Waals surface area contributed by atoms with Crippen molar-refractivity contribution in [1.29, 1.82) is 0 Å². The van der Waals surface area contributed by atoms with Crippen molar-refractivity contribution < 1.29 is 17.4 Å². The van der Waals surface area contributed by atoms with Crippen molar-refractivity contribution in [2.45, 2.75) is 18.0 Å². The SMILES string of the molecule is O=S(=O)(F)c1ncnc2c1ncn2CCCO. The van der Waals surface area contributed by atoms with Crippen molar-refractivity contribution in [1.82, 2.24) is 19.5 Å². The lowest BCUT2D eigenvalue weighted by atomic mass is 10.4. The van der Waals surface area contributed by atoms with Gasteiger partial charge in [0.2, 0.25) is 5.03 Å². The van der Waals surface area contributed by atoms with Crippen LogP contribution in [0.4, 0.5) is 3.89 Å². The Hall–Kier alpha value is -1.61. The van der Waals surface area contributed by atoms with Crippen LogP contribution >= 0.6 is 0 Å². The number of hydrogen-bond acceptors (Lipinski definition) is 6. The number of aliphatic hydroxyl groups is 1. The Bertz CT molecular complexity index is 639. The molecule has 7 nitrogen and oxygen atoms in total. The molecule has 17 heavy (non-hydrogen) atoms. The van der Waals surface area contributed by atoms with Crippen LogP contribution in [0, 0.1) is 0 Å². The molecule has 0 aromatic carbocycles. The van der Waals surface area contributed by atoms with Gasteiger partial charge in [0.05, 0.1) is 6.33 Å². The summed E-state index contributed by atoms with van der Waals surface area (Å²) in [6.45, 7) is 0.398. The van der Waals surface area contributed by atoms with Crippen LogP contribution in [0.2, 0.25) is 0 Å². The fraction of sp³-hybridized carbons (Fsp3) is 0.375. The van der Waals surface area contributed by atoms with Gasteiger partial charge in [-0.3, -0.25) is 0 Å². The summed E-state index contributed by atoms with van der Waals surface area (Å²) in [5, 5.41) is 7.97. The molecule has 0 unspecified atom stereocenters. The highest BCUT2D eigenvalue weighted by Gasteiger charge is 2.21. The standard InChI is InChI=1S/C8H9FN4O3S/c9-17(15,16)8-6-7(10-4-11-8)13(5-12-6)2-1-3-14/h4-5,14H,1-3H2. The molecular formula is C8H9FN4O3S. The van der Waals surface area contributed by atoms with Crippen LogP contribution in [-0.4, -0.2) is 39.7 Å². The summed E-state index contributed by atoms with van der Waals surface area (Å²) in [7, 11) is -4.91. The Kier molecular flexibility index (Phi) is 3.03. The Balaban J connectivity index is 2.57. The molecule has 9 heteroatoms. The van der Waals surface area contributed by atoms with Crippen LogP contribution in [0.1, 0.15) is 6.42 Å². The normalized spacial score (nSPS) is 12.1. The number of aromatic nitrogens is 4. The monoisotopic (exact) mass is 260 g/mol. The highest BCUT2D eigenvalue weighted by Crippen LogP contribution is 2.19. The Morgan fingerprint density at radius 1 is 1.35 bits per heavy atom. The third-order valence-electron chi connectivity index (χ3n) is 2.16. The number of aliphatic hydroxyl groups excluding tert-OH is 1. The van der Waals surface area contributed by atoms with Crippen LogP contribution in [0.5, 0.6) is 0 Å². The van der Waals surface area contributed by atoms with E-state index in [0.717, 1.165) is 6.33 Å². The molecule has 0 amide bonds. The molecule has 0 radical (unpaired) electrons. The van der Waals surface area contributed by atoms with Gasteiger partial charge in [-0.05, 0) is 6.42 Å². The van der Waals surface area contributed by atoms with Gasteiger partial charge >= 0.3 is 10.2 Å². The molecule has 0 saturated carbocycles. The van der Waals surface area contributed by atoms with E-state index in [9.17, 15) is 12.3 Å². The predicted molar refractivity (Wildman–Crippen MR) is 55.3 cm³/mol. The van der Waals surface area contributed by atoms with E-state index in [1.807, 2.05) is 0 Å². The average molecular weight is 260 g/mol. The smallest absolute Gasteiger partial charge is 0.352 e. The zero-order valence-corrected chi connectivity index (χ0v) is 9.43. The van der Waals surface area contributed by atoms with Gasteiger partial charge in [0, 0.05) is 13.2 Å². The van der Waals surface area contributed by atoms with E-state index in [2.05, 4.69) is 15.0 Å². The molecule has 2 heterocycles. The van der Waals surface area contributed by atoms with Crippen molar-refractivity contribution in [3.05, 3.63) is 12.7 Å². The number of imidazole rings is 1. The average Bonchev–Trinajstić information content (AvgIpc) is 2.67. The minimum Gasteiger partial charge on any atom is -0.396 e. The van der Waals surface area contributed by atoms with Gasteiger partial charge in [0.1, 0.15) is 11.8 Å². The first-order chi connectivity index (χ1) is 8.04. The Morgan fingerprint density at radius 2 is 2.12 bits per heavy atom. The van der Waals surface area contributed by atoms with E-state index in [1.165, 1.54) is 10.9 Å². The minimum atomic E-state index is -4.91. The number of nitrogens with zero attached hydrogens (tertiary/aromatic N) is 4. The molecule has 92 valence electrons. The Morgan fingerprint density at radius 3 is 2.76 bits per heavy atom. The van der Waals surface area contributed by atoms with Gasteiger partial charge < -0.3 is 9.67 Å². The number of halogens is 1. The number of rotatable bonds is 4. The van der Waals surface area contributed by atoms with Gasteiger partial charge in [-0.1, -0.05) is 3.89 Å². The zero-order valence-electron chi connectivity index (χ0n) is 8.61. The molecule has 0 aliphatic carbocycles. The fourth-order valence-corrected chi connectivity index (χ4v) is 1.99. The number of aryl methyl sites for hydroxylation is 1. The van der Waals surface area contributed by atoms with E-state index in [-0.39, 0.29) is 17.8 Å². The molecule has 2 aromatic heterocycles. The van der Waals surface area contributed by atoms with E-state index in [4.69, 9.17) is 5.11 Å². The quantitative estimate of drug-likeness (QED) is 0.607. The molecule has 0 aliphatic rings. The molecule has 0 spiro atoms. The van der Waals surface area contributed by atoms with Gasteiger partial charge in [-0.15, -0.1) is 0 Å². The summed E-state index contributed by atoms with van der Waals surface area (Å²) in [5.41, 5.74) is 0.123. The minimum absolute atomic E-state index is 0.0149. The zero-order chi connectivity index (χ0) is 12.5. The molecule has 2 aromatic rings. The first-order valence-electron chi connectivity index (χ1n) is 4.75. The van der Waals surface area contributed by atoms with Crippen molar-refractivity contribution >= 4 is 21.4 Å². The van der Waals surface area contributed by atoms with Crippen molar-refractivity contribution in [3.63, 3.8) is 0 Å². The van der Waals surface area contributed by atoms with E-state index in [0.29, 0.717) is 13.0 Å². The third kappa shape index (κ3) is 2.24. The molecule has 0 saturated heterocycles. The molecule has 0 fully saturated rings. The lowest BCUT2D eigenvalue weighted by Gasteiger charge is -2.01. The maximum absolute atomic E-state index is 12.9. The fourth-order valence-electron chi connectivity index (χ4n) is 1.44. The van der Waals surface area contributed by atoms with Gasteiger partial charge in [-0.2, -0.15) is 8.42 Å². The van der Waals surface area contributed by atoms with Crippen molar-refractivity contribution in [2.24, 2.45) is 0 Å². The molecule has 1 N–H and O–H groups in total. The van der Waals surface area contributed by atoms with Crippen molar-refractivity contribution in [2.75, 3.05) is 6.61 Å². The number of fused-ring (bicyclic) bond motifs is 1. The largest absolute Gasteiger partial charge is 0.396 e. The first kappa shape index (κ1) is 11.9. The summed E-state index contributed by atoms with van der Waals surface area (Å²) < 4.78 is 36.1. The van der Waals surface area contributed by atoms with Gasteiger partial charge in [0.15, 0.2) is 5.65 Å². The molecule has 2 rings (SSSR count). The topological polar surface area (TPSA) is 98.0 Å². The first-order valence-corrected chi connectivity index (χ1v) is 6.13. The van der Waals surface area contributed by atoms with Crippen LogP contribution in [0.15, 0.2) is 17.7 Å². The molecular weight excluding hydrogens is 251 g/mol. The van der Waals surface area contributed by atoms with E-state index < -0.39 is 15.2 Å². The molecule has 0 aliphatic heterocycles. The second-order valence-electron chi connectivity index (χ2n) is 3.30. The summed E-state index contributed by atoms with van der Waals surface area (Å²) in [6.07, 6.45) is 2.77. The van der Waals surface area contributed by atoms with Gasteiger partial charge in [0.25, 0.3) is 0 Å². The predicted octanol–water partition coefficient (Wildman–Crippen LogP) is -0.133. The maximum atomic E-state index is 12.9. The van der Waals surface area contributed by atoms with E-state index >= 15 is 0 Å². The highest BCUT2D eigenvalue weighted by atomic mass is 32.3. The Labute approximate surface area is 96.2 Å². The summed E-state index contributed by atoms with van der Waals surface area (Å²) >= 11 is 0. The van der Waals surface area contributed by atoms with Gasteiger partial charge in [-0.25, -0.2) is 15.0 Å². The van der Waals surface area contributed by atoms with Crippen LogP contribution in [0.3, 0.4) is 0 Å². The second-order valence-corrected chi connectivity index (χ2v) is 4.57. The third-order valence-corrected chi connectivity index (χ3v) is 2.92. The van der Waals surface area contributed by atoms with Crippen LogP contribution < -0.4 is 0 Å². The summed E-state index contributed by atoms with van der Waals surface area (Å²) in [6, 6.07) is 0. The van der Waals surface area contributed by atoms with Crippen molar-refractivity contribution in [3.8, 4) is 0 Å². The lowest BCUT2D eigenvalue weighted by molar-refractivity contribution is 0.280. The molecule has 0 bridgehead atoms. The second kappa shape index (κ2) is 4.34. The maximum Gasteiger partial charge on any atom is 0.352 e. The van der Waals surface area contributed by atoms with E-state index in [1.54, 1.807) is 0 Å². The lowest BCUT2D eigenvalue weighted by Crippen LogP contribution is -2.02.